The maximum Gasteiger partial charge on any atom is 0.159 e. The maximum atomic E-state index is 5.56. The van der Waals surface area contributed by atoms with Crippen molar-refractivity contribution in [3.8, 4) is 0 Å². The first-order chi connectivity index (χ1) is 27.8. The molecule has 57 heavy (non-hydrogen) atoms. The topological polar surface area (TPSA) is 37.1 Å². The fourth-order valence-electron chi connectivity index (χ4n) is 11.2. The number of hydrogen-bond donors (Lipinski definition) is 1. The number of allylic oxidation sites excluding steroid dienone is 16. The number of hydrogen-bond acceptors (Lipinski definition) is 2. The summed E-state index contributed by atoms with van der Waals surface area (Å²) in [6.07, 6.45) is 36.2. The highest BCUT2D eigenvalue weighted by Gasteiger charge is 2.48. The van der Waals surface area contributed by atoms with Gasteiger partial charge in [-0.3, -0.25) is 0 Å². The molecule has 0 bridgehead atoms. The van der Waals surface area contributed by atoms with E-state index in [4.69, 9.17) is 4.99 Å². The Labute approximate surface area is 337 Å². The van der Waals surface area contributed by atoms with Gasteiger partial charge in [0, 0.05) is 45.3 Å². The molecular weight excluding hydrogens is 693 g/mol. The second-order valence-electron chi connectivity index (χ2n) is 18.2. The van der Waals surface area contributed by atoms with E-state index >= 15 is 0 Å². The Balaban J connectivity index is 1.21. The van der Waals surface area contributed by atoms with Gasteiger partial charge in [-0.05, 0) is 109 Å². The average Bonchev–Trinajstić information content (AvgIpc) is 3.71. The van der Waals surface area contributed by atoms with Gasteiger partial charge < -0.3 is 14.8 Å². The Morgan fingerprint density at radius 1 is 0.789 bits per heavy atom. The van der Waals surface area contributed by atoms with Crippen molar-refractivity contribution >= 4 is 49.7 Å². The van der Waals surface area contributed by atoms with Gasteiger partial charge in [0.2, 0.25) is 0 Å². The Hall–Kier alpha value is -5.45. The summed E-state index contributed by atoms with van der Waals surface area (Å²) in [4.78, 5) is 8.26. The minimum absolute atomic E-state index is 0.196. The van der Waals surface area contributed by atoms with Crippen LogP contribution in [0.5, 0.6) is 0 Å². The van der Waals surface area contributed by atoms with Crippen LogP contribution >= 0.6 is 0 Å². The van der Waals surface area contributed by atoms with Gasteiger partial charge in [-0.15, -0.1) is 0 Å². The summed E-state index contributed by atoms with van der Waals surface area (Å²) < 4.78 is 2.61. The summed E-state index contributed by atoms with van der Waals surface area (Å²) in [7, 11) is 0. The molecule has 4 nitrogen and oxygen atoms in total. The van der Waals surface area contributed by atoms with E-state index in [2.05, 4.69) is 177 Å². The zero-order chi connectivity index (χ0) is 38.6. The molecule has 3 aromatic carbocycles. The van der Waals surface area contributed by atoms with Crippen LogP contribution in [0.25, 0.3) is 38.3 Å². The van der Waals surface area contributed by atoms with Crippen LogP contribution in [0.3, 0.4) is 0 Å². The molecule has 1 aromatic heterocycles. The summed E-state index contributed by atoms with van der Waals surface area (Å²) >= 11 is 0. The van der Waals surface area contributed by atoms with Gasteiger partial charge in [-0.1, -0.05) is 125 Å². The van der Waals surface area contributed by atoms with E-state index in [-0.39, 0.29) is 5.41 Å². The summed E-state index contributed by atoms with van der Waals surface area (Å²) in [6, 6.07) is 18.7. The Morgan fingerprint density at radius 3 is 2.42 bits per heavy atom. The van der Waals surface area contributed by atoms with E-state index in [1.54, 1.807) is 0 Å². The predicted molar refractivity (Wildman–Crippen MR) is 240 cm³/mol. The van der Waals surface area contributed by atoms with Crippen LogP contribution in [0, 0.1) is 23.7 Å². The van der Waals surface area contributed by atoms with Crippen molar-refractivity contribution in [2.75, 3.05) is 4.90 Å². The average molecular weight is 746 g/mol. The molecule has 3 heterocycles. The Kier molecular flexibility index (Phi) is 7.96. The first-order valence-electron chi connectivity index (χ1n) is 21.5. The lowest BCUT2D eigenvalue weighted by Crippen LogP contribution is -2.91. The molecule has 2 aliphatic heterocycles. The quantitative estimate of drug-likeness (QED) is 0.222. The third-order valence-corrected chi connectivity index (χ3v) is 13.9. The standard InChI is InChI=1S/C53H52N4/c1-32-15-14-17-37(28-32)56-45-22-11-10-21-42(45)47-40-19-8-9-20-41(40)48-52(51(47)56)57(46-23-12-13-26-53(46,48)5)38-29-34(3)27-36(31-38)49-50(39-18-7-6-16-35(39)4)54-43-25-24-33(2)30-44(43)55-49/h6-14,17-25,28-29,31-35,44,55H,15-16,26-27,30H2,1-5H3/p+1. The van der Waals surface area contributed by atoms with Gasteiger partial charge in [0.15, 0.2) is 5.70 Å². The smallest absolute Gasteiger partial charge is 0.159 e. The molecule has 4 aromatic rings. The summed E-state index contributed by atoms with van der Waals surface area (Å²) in [6.45, 7) is 12.0. The molecule has 0 spiro atoms. The van der Waals surface area contributed by atoms with Crippen LogP contribution in [-0.4, -0.2) is 16.3 Å². The van der Waals surface area contributed by atoms with Crippen LogP contribution in [0.4, 0.5) is 5.69 Å². The molecule has 284 valence electrons. The molecule has 0 amide bonds. The number of benzene rings is 3. The summed E-state index contributed by atoms with van der Waals surface area (Å²) in [5.41, 5.74) is 15.6. The number of para-hydroxylation sites is 1. The van der Waals surface area contributed by atoms with Crippen LogP contribution in [-0.2, 0) is 5.41 Å². The molecule has 6 atom stereocenters. The summed E-state index contributed by atoms with van der Waals surface area (Å²) in [5.74, 6) is 1.81. The van der Waals surface area contributed by atoms with Crippen molar-refractivity contribution in [3.63, 3.8) is 0 Å². The molecule has 4 heteroatoms. The molecule has 7 aliphatic rings. The SMILES string of the molecule is CC1C=C(n2c3ccccc3c3c4ccccc4c4c(c32)N(C2=CC(C)CC(C3=C(C5=CC=CCC5C)N=C5C=CC(C)CC5[NH2+]3)=C2)C2=CC=CCC24C)C=CC1. The van der Waals surface area contributed by atoms with Gasteiger partial charge in [-0.25, -0.2) is 4.99 Å². The van der Waals surface area contributed by atoms with Gasteiger partial charge in [0.05, 0.1) is 22.4 Å². The van der Waals surface area contributed by atoms with Crippen molar-refractivity contribution < 1.29 is 5.32 Å². The number of anilines is 1. The molecular formula is C53H53N4+. The molecule has 0 saturated heterocycles. The van der Waals surface area contributed by atoms with Crippen LogP contribution in [0.2, 0.25) is 0 Å². The van der Waals surface area contributed by atoms with Crippen LogP contribution in [0.15, 0.2) is 166 Å². The molecule has 5 aliphatic carbocycles. The predicted octanol–water partition coefficient (Wildman–Crippen LogP) is 11.9. The number of nitrogens with two attached hydrogens (primary N) is 1. The zero-order valence-corrected chi connectivity index (χ0v) is 34.0. The molecule has 2 N–H and O–H groups in total. The van der Waals surface area contributed by atoms with Gasteiger partial charge in [0.25, 0.3) is 0 Å². The van der Waals surface area contributed by atoms with Gasteiger partial charge in [-0.2, -0.15) is 0 Å². The van der Waals surface area contributed by atoms with E-state index < -0.39 is 0 Å². The number of rotatable bonds is 4. The van der Waals surface area contributed by atoms with E-state index in [0.29, 0.717) is 29.7 Å². The number of aromatic nitrogens is 1. The van der Waals surface area contributed by atoms with Gasteiger partial charge >= 0.3 is 0 Å². The zero-order valence-electron chi connectivity index (χ0n) is 34.0. The number of aliphatic imine (C=N–C) groups is 1. The Morgan fingerprint density at radius 2 is 1.58 bits per heavy atom. The normalized spacial score (nSPS) is 29.2. The molecule has 0 radical (unpaired) electrons. The van der Waals surface area contributed by atoms with Crippen LogP contribution < -0.4 is 10.2 Å². The van der Waals surface area contributed by atoms with E-state index in [0.717, 1.165) is 32.1 Å². The first kappa shape index (κ1) is 34.8. The van der Waals surface area contributed by atoms with Crippen molar-refractivity contribution in [2.45, 2.75) is 78.2 Å². The van der Waals surface area contributed by atoms with Crippen LogP contribution in [0.1, 0.15) is 72.3 Å². The highest BCUT2D eigenvalue weighted by atomic mass is 15.2. The second kappa shape index (κ2) is 13.0. The maximum absolute atomic E-state index is 5.56. The molecule has 0 saturated carbocycles. The largest absolute Gasteiger partial charge is 0.311 e. The first-order valence-corrected chi connectivity index (χ1v) is 21.5. The fraction of sp³-hybridized carbons (Fsp3) is 0.302. The summed E-state index contributed by atoms with van der Waals surface area (Å²) in [5, 5.41) is 7.97. The third kappa shape index (κ3) is 5.26. The highest BCUT2D eigenvalue weighted by molar-refractivity contribution is 6.27. The van der Waals surface area contributed by atoms with Crippen molar-refractivity contribution in [3.05, 3.63) is 167 Å². The van der Waals surface area contributed by atoms with Crippen molar-refractivity contribution in [2.24, 2.45) is 28.7 Å². The van der Waals surface area contributed by atoms with Crippen molar-refractivity contribution in [1.29, 1.82) is 0 Å². The minimum Gasteiger partial charge on any atom is -0.311 e. The fourth-order valence-corrected chi connectivity index (χ4v) is 11.2. The lowest BCUT2D eigenvalue weighted by atomic mass is 9.74. The van der Waals surface area contributed by atoms with E-state index in [1.165, 1.54) is 89.2 Å². The lowest BCUT2D eigenvalue weighted by molar-refractivity contribution is -0.627. The van der Waals surface area contributed by atoms with Gasteiger partial charge in [0.1, 0.15) is 11.7 Å². The number of nitrogens with zero attached hydrogens (tertiary/aromatic N) is 3. The number of fused-ring (bicyclic) bond motifs is 11. The van der Waals surface area contributed by atoms with E-state index in [9.17, 15) is 0 Å². The Bertz CT molecular complexity index is 2780. The minimum atomic E-state index is -0.196. The molecule has 6 unspecified atom stereocenters. The third-order valence-electron chi connectivity index (χ3n) is 13.9. The van der Waals surface area contributed by atoms with Crippen molar-refractivity contribution in [1.82, 2.24) is 4.57 Å². The highest BCUT2D eigenvalue weighted by Crippen LogP contribution is 2.60. The molecule has 11 rings (SSSR count). The monoisotopic (exact) mass is 745 g/mol. The molecule has 0 fully saturated rings. The number of quaternary nitrogens is 1. The second-order valence-corrected chi connectivity index (χ2v) is 18.2. The van der Waals surface area contributed by atoms with E-state index in [1.807, 2.05) is 0 Å². The lowest BCUT2D eigenvalue weighted by Gasteiger charge is -2.35.